The molecule has 0 spiro atoms. The largest absolute Gasteiger partial charge is 0.507 e. The zero-order valence-corrected chi connectivity index (χ0v) is 19.5. The summed E-state index contributed by atoms with van der Waals surface area (Å²) in [6.07, 6.45) is 0.0583. The normalized spacial score (nSPS) is 15.5. The van der Waals surface area contributed by atoms with Crippen LogP contribution in [-0.4, -0.2) is 47.9 Å². The molecule has 0 bridgehead atoms. The summed E-state index contributed by atoms with van der Waals surface area (Å²) in [6, 6.07) is 13.0. The number of hydrogen-bond acceptors (Lipinski definition) is 9. The maximum absolute atomic E-state index is 13.7. The fourth-order valence-corrected chi connectivity index (χ4v) is 5.28. The molecule has 3 aromatic carbocycles. The van der Waals surface area contributed by atoms with Gasteiger partial charge in [-0.05, 0) is 35.9 Å². The van der Waals surface area contributed by atoms with Crippen LogP contribution in [-0.2, 0) is 10.0 Å². The van der Waals surface area contributed by atoms with Crippen molar-refractivity contribution in [3.63, 3.8) is 0 Å². The van der Waals surface area contributed by atoms with E-state index in [-0.39, 0.29) is 45.7 Å². The van der Waals surface area contributed by atoms with E-state index in [1.54, 1.807) is 18.2 Å². The van der Waals surface area contributed by atoms with E-state index in [2.05, 4.69) is 5.10 Å². The Morgan fingerprint density at radius 1 is 1.03 bits per heavy atom. The maximum atomic E-state index is 13.7. The number of phenolic OH excluding ortho intramolecular Hbond substituents is 2. The minimum Gasteiger partial charge on any atom is -0.507 e. The average molecular weight is 500 g/mol. The molecule has 35 heavy (non-hydrogen) atoms. The van der Waals surface area contributed by atoms with Crippen molar-refractivity contribution in [2.45, 2.75) is 17.4 Å². The van der Waals surface area contributed by atoms with Crippen molar-refractivity contribution >= 4 is 21.4 Å². The van der Waals surface area contributed by atoms with Gasteiger partial charge in [-0.1, -0.05) is 18.2 Å². The van der Waals surface area contributed by atoms with Crippen molar-refractivity contribution in [1.29, 1.82) is 0 Å². The molecule has 4 rings (SSSR count). The Bertz CT molecular complexity index is 1410. The summed E-state index contributed by atoms with van der Waals surface area (Å²) in [5.41, 5.74) is 0.624. The Labute approximate surface area is 200 Å². The Morgan fingerprint density at radius 2 is 1.69 bits per heavy atom. The second kappa shape index (κ2) is 9.14. The summed E-state index contributed by atoms with van der Waals surface area (Å²) in [6.45, 7) is 0. The third-order valence-electron chi connectivity index (χ3n) is 5.55. The number of phenols is 2. The topological polar surface area (TPSA) is 152 Å². The molecular weight excluding hydrogens is 478 g/mol. The molecule has 1 aliphatic heterocycles. The number of non-ortho nitro benzene ring substituents is 1. The maximum Gasteiger partial charge on any atom is 0.279 e. The Kier molecular flexibility index (Phi) is 6.22. The van der Waals surface area contributed by atoms with Gasteiger partial charge in [-0.15, -0.1) is 0 Å². The van der Waals surface area contributed by atoms with Crippen LogP contribution in [0.2, 0.25) is 0 Å². The third-order valence-corrected chi connectivity index (χ3v) is 7.23. The summed E-state index contributed by atoms with van der Waals surface area (Å²) >= 11 is 0. The van der Waals surface area contributed by atoms with Gasteiger partial charge in [0.25, 0.3) is 15.7 Å². The van der Waals surface area contributed by atoms with Crippen molar-refractivity contribution in [2.24, 2.45) is 5.10 Å². The summed E-state index contributed by atoms with van der Waals surface area (Å²) in [4.78, 5) is 10.2. The van der Waals surface area contributed by atoms with Gasteiger partial charge in [0.05, 0.1) is 35.8 Å². The Morgan fingerprint density at radius 3 is 2.29 bits per heavy atom. The van der Waals surface area contributed by atoms with E-state index < -0.39 is 21.0 Å². The molecule has 0 saturated heterocycles. The predicted molar refractivity (Wildman–Crippen MR) is 125 cm³/mol. The van der Waals surface area contributed by atoms with Crippen molar-refractivity contribution < 1.29 is 33.0 Å². The van der Waals surface area contributed by atoms with Crippen LogP contribution >= 0.6 is 0 Å². The first-order valence-electron chi connectivity index (χ1n) is 10.3. The van der Waals surface area contributed by atoms with Gasteiger partial charge < -0.3 is 19.7 Å². The summed E-state index contributed by atoms with van der Waals surface area (Å²) in [7, 11) is -1.70. The van der Waals surface area contributed by atoms with Gasteiger partial charge in [-0.25, -0.2) is 0 Å². The lowest BCUT2D eigenvalue weighted by molar-refractivity contribution is -0.385. The first-order valence-corrected chi connectivity index (χ1v) is 11.7. The van der Waals surface area contributed by atoms with Gasteiger partial charge in [0, 0.05) is 24.1 Å². The molecule has 1 aliphatic rings. The highest BCUT2D eigenvalue weighted by atomic mass is 32.2. The quantitative estimate of drug-likeness (QED) is 0.370. The molecule has 1 unspecified atom stereocenters. The van der Waals surface area contributed by atoms with E-state index >= 15 is 0 Å². The molecule has 0 saturated carbocycles. The van der Waals surface area contributed by atoms with E-state index in [4.69, 9.17) is 9.47 Å². The Hall–Kier alpha value is -4.32. The van der Waals surface area contributed by atoms with E-state index in [1.807, 2.05) is 0 Å². The van der Waals surface area contributed by atoms with Crippen LogP contribution in [0.25, 0.3) is 0 Å². The van der Waals surface area contributed by atoms with Gasteiger partial charge in [0.2, 0.25) is 5.75 Å². The molecule has 12 heteroatoms. The minimum absolute atomic E-state index is 0.0583. The number of nitrogens with zero attached hydrogens (tertiary/aromatic N) is 3. The molecule has 182 valence electrons. The molecule has 2 N–H and O–H groups in total. The van der Waals surface area contributed by atoms with E-state index in [9.17, 15) is 28.7 Å². The lowest BCUT2D eigenvalue weighted by Gasteiger charge is -2.24. The highest BCUT2D eigenvalue weighted by Crippen LogP contribution is 2.44. The predicted octanol–water partition coefficient (Wildman–Crippen LogP) is 3.56. The molecule has 0 aliphatic carbocycles. The zero-order valence-electron chi connectivity index (χ0n) is 18.7. The summed E-state index contributed by atoms with van der Waals surface area (Å²) in [5, 5.41) is 36.2. The van der Waals surface area contributed by atoms with Crippen LogP contribution in [0.4, 0.5) is 5.69 Å². The second-order valence-corrected chi connectivity index (χ2v) is 9.39. The minimum atomic E-state index is -4.38. The number of ether oxygens (including phenoxy) is 2. The first-order chi connectivity index (χ1) is 16.7. The van der Waals surface area contributed by atoms with E-state index in [1.165, 1.54) is 50.6 Å². The van der Waals surface area contributed by atoms with Crippen LogP contribution in [0, 0.1) is 10.1 Å². The average Bonchev–Trinajstić information content (AvgIpc) is 3.30. The zero-order chi connectivity index (χ0) is 25.3. The molecule has 1 heterocycles. The molecule has 1 atom stereocenters. The number of hydrazone groups is 1. The molecule has 11 nitrogen and oxygen atoms in total. The fourth-order valence-electron chi connectivity index (χ4n) is 3.81. The number of methoxy groups -OCH3 is 2. The third kappa shape index (κ3) is 4.30. The van der Waals surface area contributed by atoms with Crippen LogP contribution in [0.15, 0.2) is 70.7 Å². The molecule has 0 aromatic heterocycles. The summed E-state index contributed by atoms with van der Waals surface area (Å²) in [5.74, 6) is -0.224. The highest BCUT2D eigenvalue weighted by molar-refractivity contribution is 7.89. The number of sulfonamides is 1. The Balaban J connectivity index is 1.89. The molecule has 3 aromatic rings. The standard InChI is InChI=1S/C23H21N3O8S/c1-33-21-10-14(11-22(34-2)23(21)28)19-13-18(17-8-3-4-9-20(17)27)24-25(19)35(31,32)16-7-5-6-15(12-16)26(29)30/h3-12,19,27-28H,13H2,1-2H3. The second-order valence-electron chi connectivity index (χ2n) is 7.59. The van der Waals surface area contributed by atoms with Gasteiger partial charge >= 0.3 is 0 Å². The van der Waals surface area contributed by atoms with Crippen molar-refractivity contribution in [3.05, 3.63) is 81.9 Å². The van der Waals surface area contributed by atoms with Crippen LogP contribution in [0.3, 0.4) is 0 Å². The fraction of sp³-hybridized carbons (Fsp3) is 0.174. The molecule has 0 radical (unpaired) electrons. The van der Waals surface area contributed by atoms with Gasteiger partial charge in [-0.2, -0.15) is 17.9 Å². The van der Waals surface area contributed by atoms with E-state index in [0.717, 1.165) is 10.5 Å². The number of rotatable bonds is 7. The molecule has 0 fully saturated rings. The monoisotopic (exact) mass is 499 g/mol. The SMILES string of the molecule is COc1cc(C2CC(c3ccccc3O)=NN2S(=O)(=O)c2cccc([N+](=O)[O-])c2)cc(OC)c1O. The van der Waals surface area contributed by atoms with Crippen LogP contribution in [0.5, 0.6) is 23.0 Å². The van der Waals surface area contributed by atoms with Gasteiger partial charge in [0.15, 0.2) is 11.5 Å². The smallest absolute Gasteiger partial charge is 0.279 e. The molecule has 0 amide bonds. The van der Waals surface area contributed by atoms with Gasteiger partial charge in [0.1, 0.15) is 5.75 Å². The lowest BCUT2D eigenvalue weighted by Crippen LogP contribution is -2.27. The van der Waals surface area contributed by atoms with Crippen LogP contribution in [0.1, 0.15) is 23.6 Å². The highest BCUT2D eigenvalue weighted by Gasteiger charge is 2.39. The van der Waals surface area contributed by atoms with Gasteiger partial charge in [-0.3, -0.25) is 10.1 Å². The first kappa shape index (κ1) is 23.8. The van der Waals surface area contributed by atoms with Crippen molar-refractivity contribution in [2.75, 3.05) is 14.2 Å². The van der Waals surface area contributed by atoms with E-state index in [0.29, 0.717) is 11.1 Å². The number of nitro groups is 1. The van der Waals surface area contributed by atoms with Crippen molar-refractivity contribution in [1.82, 2.24) is 4.41 Å². The number of benzene rings is 3. The summed E-state index contributed by atoms with van der Waals surface area (Å²) < 4.78 is 38.6. The lowest BCUT2D eigenvalue weighted by atomic mass is 9.98. The number of aromatic hydroxyl groups is 2. The number of hydrogen-bond donors (Lipinski definition) is 2. The number of nitro benzene ring substituents is 1. The van der Waals surface area contributed by atoms with Crippen molar-refractivity contribution in [3.8, 4) is 23.0 Å². The van der Waals surface area contributed by atoms with Crippen LogP contribution < -0.4 is 9.47 Å². The number of para-hydroxylation sites is 1. The molecular formula is C23H21N3O8S.